The van der Waals surface area contributed by atoms with E-state index in [2.05, 4.69) is 61.2 Å². The summed E-state index contributed by atoms with van der Waals surface area (Å²) in [5.74, 6) is 1.05. The standard InChI is InChI=1S/C16H23S.C5H.Fe/c17-15-11-7-5-3-1-2-4-6-8-12-16-13-9-10-14-16;1-2-4-5-3-1;/h17H,1-8,11-12,15H2;1H;/q2*-5;. The molecule has 2 heteroatoms. The number of aryl methyl sites for hydroxylation is 1. The first-order chi connectivity index (χ1) is 10.9. The van der Waals surface area contributed by atoms with Crippen LogP contribution in [0.25, 0.3) is 0 Å². The van der Waals surface area contributed by atoms with E-state index in [9.17, 15) is 0 Å². The quantitative estimate of drug-likeness (QED) is 0.241. The zero-order chi connectivity index (χ0) is 15.7. The minimum absolute atomic E-state index is 0. The van der Waals surface area contributed by atoms with Crippen LogP contribution in [0.1, 0.15) is 63.4 Å². The van der Waals surface area contributed by atoms with Gasteiger partial charge in [-0.05, 0) is 12.2 Å². The molecule has 0 amide bonds. The second-order valence-corrected chi connectivity index (χ2v) is 5.76. The third-order valence-electron chi connectivity index (χ3n) is 3.43. The Morgan fingerprint density at radius 1 is 0.652 bits per heavy atom. The largest absolute Gasteiger partial charge is 0.999 e. The Bertz CT molecular complexity index is 374. The van der Waals surface area contributed by atoms with Crippen molar-refractivity contribution in [1.82, 2.24) is 0 Å². The molecule has 0 heterocycles. The topological polar surface area (TPSA) is 0 Å². The monoisotopic (exact) mass is 364 g/mol. The van der Waals surface area contributed by atoms with Crippen molar-refractivity contribution in [3.05, 3.63) is 60.2 Å². The van der Waals surface area contributed by atoms with Crippen LogP contribution in [0.15, 0.2) is 6.07 Å². The maximum Gasteiger partial charge on any atom is 0 e. The van der Waals surface area contributed by atoms with Crippen LogP contribution in [0.2, 0.25) is 0 Å². The van der Waals surface area contributed by atoms with Crippen molar-refractivity contribution >= 4 is 12.6 Å². The Morgan fingerprint density at radius 3 is 1.57 bits per heavy atom. The van der Waals surface area contributed by atoms with Crippen molar-refractivity contribution in [2.24, 2.45) is 0 Å². The molecule has 2 aromatic carbocycles. The van der Waals surface area contributed by atoms with Gasteiger partial charge in [0.05, 0.1) is 0 Å². The molecule has 0 unspecified atom stereocenters. The molecule has 0 atom stereocenters. The summed E-state index contributed by atoms with van der Waals surface area (Å²) in [6.07, 6.45) is 13.3. The number of rotatable bonds is 11. The minimum atomic E-state index is 0. The third-order valence-corrected chi connectivity index (χ3v) is 3.74. The van der Waals surface area contributed by atoms with Gasteiger partial charge in [-0.25, -0.2) is 6.42 Å². The molecule has 0 aliphatic carbocycles. The zero-order valence-electron chi connectivity index (χ0n) is 13.7. The minimum Gasteiger partial charge on any atom is -0.999 e. The SMILES string of the molecule is SCCCCCCCCCCC[c-]1[c-][c-][c-][c-]1.[Fe].[c-]1[c-][c-][cH-][c-]1. The second-order valence-electron chi connectivity index (χ2n) is 5.32. The molecule has 0 N–H and O–H groups in total. The molecule has 132 valence electrons. The van der Waals surface area contributed by atoms with Crippen LogP contribution < -0.4 is 0 Å². The number of thiol groups is 1. The summed E-state index contributed by atoms with van der Waals surface area (Å²) < 4.78 is 0. The van der Waals surface area contributed by atoms with E-state index in [0.29, 0.717) is 0 Å². The summed E-state index contributed by atoms with van der Waals surface area (Å²) in [6, 6.07) is 23.7. The molecule has 0 bridgehead atoms. The Kier molecular flexibility index (Phi) is 17.6. The summed E-state index contributed by atoms with van der Waals surface area (Å²) in [7, 11) is 0. The summed E-state index contributed by atoms with van der Waals surface area (Å²) in [5.41, 5.74) is 1.15. The molecule has 0 nitrogen and oxygen atoms in total. The summed E-state index contributed by atoms with van der Waals surface area (Å²) in [6.45, 7) is 0. The van der Waals surface area contributed by atoms with Crippen molar-refractivity contribution in [3.63, 3.8) is 0 Å². The van der Waals surface area contributed by atoms with Crippen molar-refractivity contribution < 1.29 is 17.1 Å². The van der Waals surface area contributed by atoms with Crippen molar-refractivity contribution in [3.8, 4) is 0 Å². The third kappa shape index (κ3) is 14.9. The van der Waals surface area contributed by atoms with Crippen LogP contribution in [0.5, 0.6) is 0 Å². The van der Waals surface area contributed by atoms with Gasteiger partial charge < -0.3 is 60.2 Å². The van der Waals surface area contributed by atoms with Gasteiger partial charge in [0.25, 0.3) is 0 Å². The average molecular weight is 364 g/mol. The predicted molar refractivity (Wildman–Crippen MR) is 93.9 cm³/mol. The van der Waals surface area contributed by atoms with Crippen LogP contribution >= 0.6 is 12.6 Å². The molecule has 2 aromatic rings. The van der Waals surface area contributed by atoms with E-state index in [1.165, 1.54) is 57.8 Å². The fraction of sp³-hybridized carbons (Fsp3) is 0.524. The van der Waals surface area contributed by atoms with E-state index >= 15 is 0 Å². The molecular weight excluding hydrogens is 340 g/mol. The van der Waals surface area contributed by atoms with Crippen LogP contribution in [-0.2, 0) is 23.5 Å². The molecule has 23 heavy (non-hydrogen) atoms. The van der Waals surface area contributed by atoms with Gasteiger partial charge in [0.15, 0.2) is 0 Å². The van der Waals surface area contributed by atoms with Crippen LogP contribution in [0, 0.1) is 48.5 Å². The molecule has 0 fully saturated rings. The first-order valence-corrected chi connectivity index (χ1v) is 8.88. The molecule has 0 radical (unpaired) electrons. The van der Waals surface area contributed by atoms with Crippen molar-refractivity contribution in [1.29, 1.82) is 0 Å². The molecule has 0 saturated heterocycles. The Balaban J connectivity index is 0.000000684. The van der Waals surface area contributed by atoms with Gasteiger partial charge in [0.1, 0.15) is 0 Å². The van der Waals surface area contributed by atoms with Crippen LogP contribution in [0.4, 0.5) is 0 Å². The molecule has 0 aromatic heterocycles. The summed E-state index contributed by atoms with van der Waals surface area (Å²) in [4.78, 5) is 0. The zero-order valence-corrected chi connectivity index (χ0v) is 15.7. The Labute approximate surface area is 159 Å². The first-order valence-electron chi connectivity index (χ1n) is 8.25. The van der Waals surface area contributed by atoms with Crippen LogP contribution in [0.3, 0.4) is 0 Å². The second kappa shape index (κ2) is 17.9. The summed E-state index contributed by atoms with van der Waals surface area (Å²) >= 11 is 4.22. The van der Waals surface area contributed by atoms with Gasteiger partial charge in [-0.2, -0.15) is 12.6 Å². The Morgan fingerprint density at radius 2 is 1.13 bits per heavy atom. The molecule has 0 spiro atoms. The number of unbranched alkanes of at least 4 members (excludes halogenated alkanes) is 8. The summed E-state index contributed by atoms with van der Waals surface area (Å²) in [5, 5.41) is 0. The van der Waals surface area contributed by atoms with Crippen molar-refractivity contribution in [2.45, 2.75) is 64.2 Å². The number of hydrogen-bond acceptors (Lipinski definition) is 1. The smallest absolute Gasteiger partial charge is 0 e. The van der Waals surface area contributed by atoms with E-state index in [4.69, 9.17) is 0 Å². The molecule has 2 rings (SSSR count). The fourth-order valence-corrected chi connectivity index (χ4v) is 2.42. The normalized spacial score (nSPS) is 9.78. The van der Waals surface area contributed by atoms with Gasteiger partial charge >= 0.3 is 0 Å². The van der Waals surface area contributed by atoms with Gasteiger partial charge in [-0.15, -0.1) is 0 Å². The molecule has 0 aliphatic heterocycles. The van der Waals surface area contributed by atoms with E-state index in [1.54, 1.807) is 6.07 Å². The van der Waals surface area contributed by atoms with Crippen LogP contribution in [-0.4, -0.2) is 5.75 Å². The van der Waals surface area contributed by atoms with E-state index in [1.807, 2.05) is 0 Å². The van der Waals surface area contributed by atoms with E-state index < -0.39 is 0 Å². The van der Waals surface area contributed by atoms with Gasteiger partial charge in [0.2, 0.25) is 0 Å². The maximum absolute atomic E-state index is 4.22. The number of hydrogen-bond donors (Lipinski definition) is 1. The van der Waals surface area contributed by atoms with Gasteiger partial charge in [0, 0.05) is 17.1 Å². The Hall–Kier alpha value is -0.431. The molecule has 0 aliphatic rings. The van der Waals surface area contributed by atoms with E-state index in [-0.39, 0.29) is 17.1 Å². The van der Waals surface area contributed by atoms with Crippen molar-refractivity contribution in [2.75, 3.05) is 5.75 Å². The van der Waals surface area contributed by atoms with E-state index in [0.717, 1.165) is 17.7 Å². The maximum atomic E-state index is 4.22. The average Bonchev–Trinajstić information content (AvgIpc) is 3.25. The van der Waals surface area contributed by atoms with Gasteiger partial charge in [-0.1, -0.05) is 51.4 Å². The molecular formula is C21H24FeS-10. The first kappa shape index (κ1) is 22.6. The molecule has 0 saturated carbocycles. The predicted octanol–water partition coefficient (Wildman–Crippen LogP) is 5.19. The fourth-order valence-electron chi connectivity index (χ4n) is 2.20. The van der Waals surface area contributed by atoms with Gasteiger partial charge in [-0.3, -0.25) is 0 Å².